The smallest absolute Gasteiger partial charge is 0.277 e. The minimum absolute atomic E-state index is 0.114. The third-order valence-corrected chi connectivity index (χ3v) is 6.31. The largest absolute Gasteiger partial charge is 0.484 e. The number of nitrogens with one attached hydrogen (secondary N) is 1. The first kappa shape index (κ1) is 21.6. The maximum Gasteiger partial charge on any atom is 0.277 e. The summed E-state index contributed by atoms with van der Waals surface area (Å²) in [7, 11) is 0. The molecular weight excluding hydrogens is 420 g/mol. The lowest BCUT2D eigenvalue weighted by Crippen LogP contribution is -2.28. The van der Waals surface area contributed by atoms with Crippen LogP contribution in [0.25, 0.3) is 11.1 Å². The minimum Gasteiger partial charge on any atom is -0.484 e. The van der Waals surface area contributed by atoms with Gasteiger partial charge in [0.2, 0.25) is 0 Å². The molecule has 1 N–H and O–H groups in total. The molecule has 2 aromatic carbocycles. The van der Waals surface area contributed by atoms with E-state index >= 15 is 0 Å². The molecule has 4 rings (SSSR count). The van der Waals surface area contributed by atoms with E-state index in [9.17, 15) is 4.79 Å². The van der Waals surface area contributed by atoms with Crippen LogP contribution < -0.4 is 15.1 Å². The van der Waals surface area contributed by atoms with Gasteiger partial charge in [-0.2, -0.15) is 10.4 Å². The molecule has 7 heteroatoms. The third kappa shape index (κ3) is 5.74. The van der Waals surface area contributed by atoms with Crippen molar-refractivity contribution in [2.45, 2.75) is 19.3 Å². The van der Waals surface area contributed by atoms with Crippen molar-refractivity contribution in [2.75, 3.05) is 24.6 Å². The number of amides is 1. The molecule has 0 spiro atoms. The van der Waals surface area contributed by atoms with Crippen LogP contribution in [0.2, 0.25) is 0 Å². The summed E-state index contributed by atoms with van der Waals surface area (Å²) in [6.45, 7) is 2.11. The highest BCUT2D eigenvalue weighted by atomic mass is 32.1. The minimum atomic E-state index is -0.315. The number of carbonyl (C=O) groups is 1. The molecule has 1 aliphatic heterocycles. The van der Waals surface area contributed by atoms with Crippen molar-refractivity contribution in [3.05, 3.63) is 71.1 Å². The normalized spacial score (nSPS) is 13.7. The maximum atomic E-state index is 12.0. The Bertz CT molecular complexity index is 1110. The third-order valence-electron chi connectivity index (χ3n) is 5.23. The first-order valence-electron chi connectivity index (χ1n) is 10.6. The summed E-state index contributed by atoms with van der Waals surface area (Å²) >= 11 is 1.68. The molecule has 2 heterocycles. The standard InChI is InChI=1S/C25H24N4O2S/c26-16-19-4-6-20(7-5-19)21-8-10-22(11-9-21)31-18-24(30)28-27-17-23-12-13-25(32-23)29-14-2-1-3-15-29/h4-13,17H,1-3,14-15,18H2,(H,28,30)/b27-17+. The Morgan fingerprint density at radius 2 is 1.72 bits per heavy atom. The van der Waals surface area contributed by atoms with Gasteiger partial charge >= 0.3 is 0 Å². The monoisotopic (exact) mass is 444 g/mol. The van der Waals surface area contributed by atoms with E-state index in [1.54, 1.807) is 29.7 Å². The van der Waals surface area contributed by atoms with E-state index in [2.05, 4.69) is 27.6 Å². The van der Waals surface area contributed by atoms with Crippen molar-refractivity contribution < 1.29 is 9.53 Å². The summed E-state index contributed by atoms with van der Waals surface area (Å²) in [6.07, 6.45) is 5.47. The summed E-state index contributed by atoms with van der Waals surface area (Å²) in [5.74, 6) is 0.288. The van der Waals surface area contributed by atoms with Crippen LogP contribution in [0.1, 0.15) is 29.7 Å². The first-order chi connectivity index (χ1) is 15.7. The summed E-state index contributed by atoms with van der Waals surface area (Å²) in [4.78, 5) is 15.4. The molecule has 1 aliphatic rings. The van der Waals surface area contributed by atoms with E-state index in [-0.39, 0.29) is 12.5 Å². The van der Waals surface area contributed by atoms with Crippen molar-refractivity contribution in [3.63, 3.8) is 0 Å². The molecule has 0 unspecified atom stereocenters. The highest BCUT2D eigenvalue weighted by molar-refractivity contribution is 7.17. The van der Waals surface area contributed by atoms with E-state index in [0.717, 1.165) is 29.1 Å². The molecule has 162 valence electrons. The van der Waals surface area contributed by atoms with Crippen LogP contribution in [0.3, 0.4) is 0 Å². The summed E-state index contributed by atoms with van der Waals surface area (Å²) in [5.41, 5.74) is 5.16. The van der Waals surface area contributed by atoms with Gasteiger partial charge in [0.1, 0.15) is 5.75 Å². The molecule has 0 aliphatic carbocycles. The van der Waals surface area contributed by atoms with E-state index in [0.29, 0.717) is 11.3 Å². The zero-order chi connectivity index (χ0) is 22.2. The molecular formula is C25H24N4O2S. The van der Waals surface area contributed by atoms with Gasteiger partial charge in [-0.1, -0.05) is 24.3 Å². The molecule has 1 fully saturated rings. The lowest BCUT2D eigenvalue weighted by molar-refractivity contribution is -0.123. The summed E-state index contributed by atoms with van der Waals surface area (Å²) in [5, 5.41) is 14.2. The Labute approximate surface area is 191 Å². The Hall–Kier alpha value is -3.63. The van der Waals surface area contributed by atoms with Gasteiger partial charge in [-0.3, -0.25) is 4.79 Å². The van der Waals surface area contributed by atoms with E-state index in [4.69, 9.17) is 10.00 Å². The predicted molar refractivity (Wildman–Crippen MR) is 128 cm³/mol. The maximum absolute atomic E-state index is 12.0. The topological polar surface area (TPSA) is 77.7 Å². The summed E-state index contributed by atoms with van der Waals surface area (Å²) in [6, 6.07) is 21.1. The number of nitrogens with zero attached hydrogens (tertiary/aromatic N) is 3. The number of nitriles is 1. The molecule has 6 nitrogen and oxygen atoms in total. The molecule has 1 aromatic heterocycles. The average Bonchev–Trinajstić information content (AvgIpc) is 3.33. The Kier molecular flexibility index (Phi) is 7.15. The van der Waals surface area contributed by atoms with Gasteiger partial charge in [-0.15, -0.1) is 11.3 Å². The quantitative estimate of drug-likeness (QED) is 0.419. The fourth-order valence-electron chi connectivity index (χ4n) is 3.53. The van der Waals surface area contributed by atoms with Crippen molar-refractivity contribution in [3.8, 4) is 22.9 Å². The van der Waals surface area contributed by atoms with Gasteiger partial charge < -0.3 is 9.64 Å². The predicted octanol–water partition coefficient (Wildman–Crippen LogP) is 4.81. The van der Waals surface area contributed by atoms with Crippen LogP contribution in [-0.4, -0.2) is 31.8 Å². The number of carbonyl (C=O) groups excluding carboxylic acids is 1. The molecule has 1 amide bonds. The van der Waals surface area contributed by atoms with Crippen molar-refractivity contribution in [2.24, 2.45) is 5.10 Å². The van der Waals surface area contributed by atoms with Gasteiger partial charge in [0.05, 0.1) is 22.8 Å². The molecule has 0 bridgehead atoms. The van der Waals surface area contributed by atoms with Gasteiger partial charge in [0.25, 0.3) is 5.91 Å². The second kappa shape index (κ2) is 10.6. The number of hydrogen-bond acceptors (Lipinski definition) is 6. The van der Waals surface area contributed by atoms with E-state index in [1.165, 1.54) is 24.3 Å². The Balaban J connectivity index is 1.23. The van der Waals surface area contributed by atoms with Crippen LogP contribution in [0.5, 0.6) is 5.75 Å². The number of thiophene rings is 1. The SMILES string of the molecule is N#Cc1ccc(-c2ccc(OCC(=O)N/N=C/c3ccc(N4CCCCC4)s3)cc2)cc1. The highest BCUT2D eigenvalue weighted by Gasteiger charge is 2.12. The van der Waals surface area contributed by atoms with Crippen molar-refractivity contribution >= 4 is 28.5 Å². The van der Waals surface area contributed by atoms with Gasteiger partial charge in [0.15, 0.2) is 6.61 Å². The fourth-order valence-corrected chi connectivity index (χ4v) is 4.46. The van der Waals surface area contributed by atoms with Gasteiger partial charge in [0, 0.05) is 18.0 Å². The lowest BCUT2D eigenvalue weighted by Gasteiger charge is -2.27. The second-order valence-electron chi connectivity index (χ2n) is 7.52. The molecule has 0 radical (unpaired) electrons. The number of benzene rings is 2. The number of hydrazone groups is 1. The zero-order valence-corrected chi connectivity index (χ0v) is 18.5. The number of piperidine rings is 1. The molecule has 0 atom stereocenters. The van der Waals surface area contributed by atoms with Crippen LogP contribution in [-0.2, 0) is 4.79 Å². The fraction of sp³-hybridized carbons (Fsp3) is 0.240. The molecule has 32 heavy (non-hydrogen) atoms. The van der Waals surface area contributed by atoms with E-state index < -0.39 is 0 Å². The molecule has 1 saturated heterocycles. The highest BCUT2D eigenvalue weighted by Crippen LogP contribution is 2.27. The van der Waals surface area contributed by atoms with E-state index in [1.807, 2.05) is 42.5 Å². The van der Waals surface area contributed by atoms with Crippen molar-refractivity contribution in [1.29, 1.82) is 5.26 Å². The van der Waals surface area contributed by atoms with Gasteiger partial charge in [-0.25, -0.2) is 5.43 Å². The number of ether oxygens (including phenoxy) is 1. The number of rotatable bonds is 7. The van der Waals surface area contributed by atoms with Crippen LogP contribution in [0.4, 0.5) is 5.00 Å². The van der Waals surface area contributed by atoms with Crippen molar-refractivity contribution in [1.82, 2.24) is 5.43 Å². The average molecular weight is 445 g/mol. The molecule has 0 saturated carbocycles. The van der Waals surface area contributed by atoms with Gasteiger partial charge in [-0.05, 0) is 66.8 Å². The zero-order valence-electron chi connectivity index (χ0n) is 17.7. The number of anilines is 1. The Morgan fingerprint density at radius 3 is 2.41 bits per heavy atom. The number of hydrogen-bond donors (Lipinski definition) is 1. The van der Waals surface area contributed by atoms with Crippen LogP contribution >= 0.6 is 11.3 Å². The first-order valence-corrected chi connectivity index (χ1v) is 11.4. The summed E-state index contributed by atoms with van der Waals surface area (Å²) < 4.78 is 5.55. The second-order valence-corrected chi connectivity index (χ2v) is 8.61. The van der Waals surface area contributed by atoms with Crippen LogP contribution in [0.15, 0.2) is 65.8 Å². The Morgan fingerprint density at radius 1 is 1.03 bits per heavy atom. The lowest BCUT2D eigenvalue weighted by atomic mass is 10.0. The molecule has 3 aromatic rings. The van der Waals surface area contributed by atoms with Crippen LogP contribution in [0, 0.1) is 11.3 Å².